The van der Waals surface area contributed by atoms with Crippen molar-refractivity contribution in [1.82, 2.24) is 10.6 Å². The van der Waals surface area contributed by atoms with Crippen molar-refractivity contribution in [1.29, 1.82) is 0 Å². The van der Waals surface area contributed by atoms with E-state index in [1.165, 1.54) is 0 Å². The molecule has 2 amide bonds. The van der Waals surface area contributed by atoms with Crippen molar-refractivity contribution in [2.24, 2.45) is 5.92 Å². The number of hydrogen-bond donors (Lipinski definition) is 2. The molecular formula is C29H56N2O10. The predicted molar refractivity (Wildman–Crippen MR) is 160 cm³/mol. The van der Waals surface area contributed by atoms with Crippen LogP contribution >= 0.6 is 0 Å². The summed E-state index contributed by atoms with van der Waals surface area (Å²) in [6.07, 6.45) is 5.43. The molecule has 242 valence electrons. The maximum atomic E-state index is 11.2. The van der Waals surface area contributed by atoms with Crippen LogP contribution in [0.1, 0.15) is 69.1 Å². The third-order valence-corrected chi connectivity index (χ3v) is 5.02. The summed E-state index contributed by atoms with van der Waals surface area (Å²) in [5.74, 6) is -0.392. The van der Waals surface area contributed by atoms with Crippen LogP contribution in [0.5, 0.6) is 0 Å². The summed E-state index contributed by atoms with van der Waals surface area (Å²) in [7, 11) is 0. The molecular weight excluding hydrogens is 536 g/mol. The largest absolute Gasteiger partial charge is 0.461 e. The molecule has 12 nitrogen and oxygen atoms in total. The molecule has 1 unspecified atom stereocenters. The number of hydrogen-bond acceptors (Lipinski definition) is 10. The number of ether oxygens (including phenoxy) is 6. The highest BCUT2D eigenvalue weighted by molar-refractivity contribution is 5.86. The average Bonchev–Trinajstić information content (AvgIpc) is 2.96. The van der Waals surface area contributed by atoms with E-state index in [9.17, 15) is 19.2 Å². The van der Waals surface area contributed by atoms with E-state index >= 15 is 0 Å². The van der Waals surface area contributed by atoms with Gasteiger partial charge in [-0.2, -0.15) is 0 Å². The highest BCUT2D eigenvalue weighted by Gasteiger charge is 2.05. The first-order chi connectivity index (χ1) is 19.7. The summed E-state index contributed by atoms with van der Waals surface area (Å²) in [6, 6.07) is 0. The Labute approximate surface area is 248 Å². The Balaban J connectivity index is -0.000000338. The number of amides is 2. The summed E-state index contributed by atoms with van der Waals surface area (Å²) < 4.78 is 30.2. The van der Waals surface area contributed by atoms with E-state index in [4.69, 9.17) is 28.4 Å². The first-order valence-corrected chi connectivity index (χ1v) is 14.3. The Morgan fingerprint density at radius 3 is 1.76 bits per heavy atom. The lowest BCUT2D eigenvalue weighted by Crippen LogP contribution is -2.29. The quantitative estimate of drug-likeness (QED) is 0.0732. The molecule has 1 atom stereocenters. The van der Waals surface area contributed by atoms with E-state index in [0.717, 1.165) is 57.8 Å². The van der Waals surface area contributed by atoms with Gasteiger partial charge in [0.2, 0.25) is 0 Å². The van der Waals surface area contributed by atoms with Gasteiger partial charge in [-0.3, -0.25) is 0 Å². The molecule has 0 aliphatic heterocycles. The highest BCUT2D eigenvalue weighted by atomic mass is 16.6. The lowest BCUT2D eigenvalue weighted by atomic mass is 10.1. The average molecular weight is 593 g/mol. The molecule has 0 rings (SSSR count). The van der Waals surface area contributed by atoms with Crippen molar-refractivity contribution in [3.05, 3.63) is 24.8 Å². The van der Waals surface area contributed by atoms with Gasteiger partial charge in [0.1, 0.15) is 13.2 Å². The van der Waals surface area contributed by atoms with Crippen LogP contribution in [0.2, 0.25) is 0 Å². The Hall–Kier alpha value is -3.12. The molecule has 0 fully saturated rings. The summed E-state index contributed by atoms with van der Waals surface area (Å²) >= 11 is 0. The highest BCUT2D eigenvalue weighted by Crippen LogP contribution is 2.01. The van der Waals surface area contributed by atoms with Crippen molar-refractivity contribution >= 4 is 24.1 Å². The first kappa shape index (κ1) is 40.0. The minimum absolute atomic E-state index is 0. The smallest absolute Gasteiger partial charge is 0.407 e. The number of carbonyl (C=O) groups is 4. The van der Waals surface area contributed by atoms with E-state index < -0.39 is 24.1 Å². The van der Waals surface area contributed by atoms with Gasteiger partial charge in [0.05, 0.1) is 26.3 Å². The molecule has 0 aliphatic carbocycles. The van der Waals surface area contributed by atoms with Gasteiger partial charge >= 0.3 is 24.1 Å². The van der Waals surface area contributed by atoms with E-state index in [1.54, 1.807) is 6.92 Å². The maximum absolute atomic E-state index is 11.2. The standard InChI is InChI=1S/C15H27NO5.C14H25NO5.2H2/c1-4-13(3)12-19-9-6-7-10-21-15(18)16-8-11-20-14(17)5-2;1-4-8-18-9-5-6-10-20-14(17)15-7-11-19-13(16)12(2)3;;/h5,13H,2,4,6-12H2,1,3H3,(H,16,18);2,4-11H2,1,3H3,(H,15,17);2*1H. The molecule has 0 spiro atoms. The zero-order chi connectivity index (χ0) is 31.1. The Bertz CT molecular complexity index is 742. The molecule has 0 aromatic carbocycles. The molecule has 0 bridgehead atoms. The number of esters is 2. The van der Waals surface area contributed by atoms with Crippen LogP contribution in [0.4, 0.5) is 9.59 Å². The second-order valence-corrected chi connectivity index (χ2v) is 9.03. The fourth-order valence-electron chi connectivity index (χ4n) is 2.48. The number of carbonyl (C=O) groups excluding carboxylic acids is 4. The fourth-order valence-corrected chi connectivity index (χ4v) is 2.48. The number of unbranched alkanes of at least 4 members (excludes halogenated alkanes) is 2. The third kappa shape index (κ3) is 31.3. The Kier molecular flexibility index (Phi) is 29.1. The molecule has 0 radical (unpaired) electrons. The number of rotatable bonds is 23. The fraction of sp³-hybridized carbons (Fsp3) is 0.724. The van der Waals surface area contributed by atoms with Gasteiger partial charge in [0, 0.05) is 40.9 Å². The summed E-state index contributed by atoms with van der Waals surface area (Å²) in [4.78, 5) is 44.2. The molecule has 0 saturated carbocycles. The van der Waals surface area contributed by atoms with Gasteiger partial charge in [-0.05, 0) is 44.9 Å². The van der Waals surface area contributed by atoms with Crippen molar-refractivity contribution in [2.45, 2.75) is 66.2 Å². The van der Waals surface area contributed by atoms with Crippen LogP contribution in [0.25, 0.3) is 0 Å². The normalized spacial score (nSPS) is 10.7. The van der Waals surface area contributed by atoms with Crippen LogP contribution in [0.3, 0.4) is 0 Å². The van der Waals surface area contributed by atoms with Gasteiger partial charge in [0.25, 0.3) is 0 Å². The van der Waals surface area contributed by atoms with Crippen molar-refractivity contribution in [2.75, 3.05) is 65.9 Å². The lowest BCUT2D eigenvalue weighted by Gasteiger charge is -2.09. The summed E-state index contributed by atoms with van der Waals surface area (Å²) in [6.45, 7) is 18.9. The van der Waals surface area contributed by atoms with Crippen LogP contribution in [-0.2, 0) is 38.0 Å². The van der Waals surface area contributed by atoms with Gasteiger partial charge in [-0.25, -0.2) is 19.2 Å². The zero-order valence-electron chi connectivity index (χ0n) is 25.5. The SMILES string of the molecule is C=C(C)C(=O)OCCNC(=O)OCCCCOCCC.C=CC(=O)OCCNC(=O)OCCCCOCC(C)CC.[HH].[HH]. The van der Waals surface area contributed by atoms with Crippen molar-refractivity contribution in [3.8, 4) is 0 Å². The molecule has 41 heavy (non-hydrogen) atoms. The van der Waals surface area contributed by atoms with Gasteiger partial charge in [-0.15, -0.1) is 0 Å². The van der Waals surface area contributed by atoms with Crippen LogP contribution < -0.4 is 10.6 Å². The van der Waals surface area contributed by atoms with E-state index in [-0.39, 0.29) is 29.2 Å². The van der Waals surface area contributed by atoms with E-state index in [0.29, 0.717) is 37.9 Å². The molecule has 12 heteroatoms. The predicted octanol–water partition coefficient (Wildman–Crippen LogP) is 4.82. The van der Waals surface area contributed by atoms with Gasteiger partial charge in [0.15, 0.2) is 0 Å². The van der Waals surface area contributed by atoms with Crippen molar-refractivity contribution < 1.29 is 50.5 Å². The minimum atomic E-state index is -0.512. The minimum Gasteiger partial charge on any atom is -0.461 e. The molecule has 0 aliphatic rings. The van der Waals surface area contributed by atoms with Gasteiger partial charge < -0.3 is 39.1 Å². The van der Waals surface area contributed by atoms with E-state index in [1.807, 2.05) is 0 Å². The molecule has 2 N–H and O–H groups in total. The summed E-state index contributed by atoms with van der Waals surface area (Å²) in [5, 5.41) is 4.97. The Morgan fingerprint density at radius 1 is 0.756 bits per heavy atom. The lowest BCUT2D eigenvalue weighted by molar-refractivity contribution is -0.139. The summed E-state index contributed by atoms with van der Waals surface area (Å²) in [5.41, 5.74) is 0.331. The molecule has 0 heterocycles. The zero-order valence-corrected chi connectivity index (χ0v) is 25.5. The molecule has 0 aromatic heterocycles. The first-order valence-electron chi connectivity index (χ1n) is 14.3. The van der Waals surface area contributed by atoms with Crippen molar-refractivity contribution in [3.63, 3.8) is 0 Å². The van der Waals surface area contributed by atoms with Crippen LogP contribution in [0, 0.1) is 5.92 Å². The topological polar surface area (TPSA) is 148 Å². The second kappa shape index (κ2) is 29.9. The van der Waals surface area contributed by atoms with Gasteiger partial charge in [-0.1, -0.05) is 40.3 Å². The number of nitrogens with one attached hydrogen (secondary N) is 2. The van der Waals surface area contributed by atoms with E-state index in [2.05, 4.69) is 44.6 Å². The molecule has 0 saturated heterocycles. The van der Waals surface area contributed by atoms with Crippen LogP contribution in [0.15, 0.2) is 24.8 Å². The maximum Gasteiger partial charge on any atom is 0.407 e. The Morgan fingerprint density at radius 2 is 1.27 bits per heavy atom. The monoisotopic (exact) mass is 592 g/mol. The number of alkyl carbamates (subject to hydrolysis) is 2. The van der Waals surface area contributed by atoms with Crippen LogP contribution in [-0.4, -0.2) is 90.1 Å². The second-order valence-electron chi connectivity index (χ2n) is 9.03. The molecule has 0 aromatic rings. The third-order valence-electron chi connectivity index (χ3n) is 5.02.